The Morgan fingerprint density at radius 1 is 1.31 bits per heavy atom. The topological polar surface area (TPSA) is 87.1 Å². The maximum Gasteiger partial charge on any atom is 0.257 e. The van der Waals surface area contributed by atoms with Crippen LogP contribution in [0.1, 0.15) is 17.3 Å². The fraction of sp³-hybridized carbons (Fsp3) is 0.176. The number of amides is 1. The van der Waals surface area contributed by atoms with Gasteiger partial charge in [0.25, 0.3) is 5.91 Å². The fourth-order valence-corrected chi connectivity index (χ4v) is 3.86. The van der Waals surface area contributed by atoms with Crippen LogP contribution in [0.25, 0.3) is 11.0 Å². The molecule has 1 atom stereocenters. The maximum atomic E-state index is 12.3. The molecule has 0 spiro atoms. The number of nitrogens with one attached hydrogen (secondary N) is 1. The summed E-state index contributed by atoms with van der Waals surface area (Å²) in [6, 6.07) is 11.8. The first-order chi connectivity index (χ1) is 11.8. The summed E-state index contributed by atoms with van der Waals surface area (Å²) < 4.78 is 13.6. The molecule has 0 aliphatic heterocycles. The molecule has 0 fully saturated rings. The molecule has 6 nitrogen and oxygen atoms in total. The van der Waals surface area contributed by atoms with E-state index in [1.54, 1.807) is 47.0 Å². The number of aromatic nitrogens is 2. The van der Waals surface area contributed by atoms with E-state index in [1.807, 2.05) is 6.92 Å². The van der Waals surface area contributed by atoms with E-state index in [0.717, 1.165) is 6.66 Å². The molecule has 3 rings (SSSR count). The van der Waals surface area contributed by atoms with Crippen LogP contribution in [0.15, 0.2) is 42.5 Å². The van der Waals surface area contributed by atoms with E-state index in [2.05, 4.69) is 10.3 Å². The van der Waals surface area contributed by atoms with E-state index in [4.69, 9.17) is 11.6 Å². The van der Waals surface area contributed by atoms with E-state index >= 15 is 0 Å². The molecular weight excluding hydrogens is 400 g/mol. The second-order valence-electron chi connectivity index (χ2n) is 5.64. The van der Waals surface area contributed by atoms with Crippen molar-refractivity contribution >= 4 is 98.5 Å². The number of rotatable bonds is 4. The number of halogens is 1. The SMILES string of the molecule is CCn1c(P(C)(=O)[O-])nc2cc(NC(=O)c3ccccc3Cl)ccc21.[K]. The Morgan fingerprint density at radius 3 is 2.62 bits per heavy atom. The Morgan fingerprint density at radius 2 is 2.00 bits per heavy atom. The molecule has 26 heavy (non-hydrogen) atoms. The first-order valence-corrected chi connectivity index (χ1v) is 10.1. The molecule has 1 radical (unpaired) electrons. The Hall–Kier alpha value is -0.504. The first-order valence-electron chi connectivity index (χ1n) is 7.66. The Kier molecular flexibility index (Phi) is 7.27. The number of benzene rings is 2. The van der Waals surface area contributed by atoms with Crippen molar-refractivity contribution in [3.63, 3.8) is 0 Å². The van der Waals surface area contributed by atoms with E-state index in [0.29, 0.717) is 33.9 Å². The summed E-state index contributed by atoms with van der Waals surface area (Å²) in [6.07, 6.45) is 0. The van der Waals surface area contributed by atoms with Gasteiger partial charge >= 0.3 is 0 Å². The van der Waals surface area contributed by atoms with E-state index in [1.165, 1.54) is 0 Å². The number of carbonyl (C=O) groups is 1. The first kappa shape index (κ1) is 21.8. The number of aryl methyl sites for hydroxylation is 1. The van der Waals surface area contributed by atoms with Crippen molar-refractivity contribution in [1.82, 2.24) is 9.55 Å². The molecule has 131 valence electrons. The van der Waals surface area contributed by atoms with E-state index < -0.39 is 7.37 Å². The molecule has 1 amide bonds. The predicted octanol–water partition coefficient (Wildman–Crippen LogP) is 2.47. The largest absolute Gasteiger partial charge is 0.794 e. The number of hydrogen-bond acceptors (Lipinski definition) is 4. The number of nitrogens with zero attached hydrogens (tertiary/aromatic N) is 2. The van der Waals surface area contributed by atoms with Gasteiger partial charge in [0.15, 0.2) is 5.57 Å². The van der Waals surface area contributed by atoms with Crippen LogP contribution in [-0.4, -0.2) is 73.5 Å². The molecule has 0 saturated carbocycles. The standard InChI is InChI=1S/C17H17ClN3O3P.K/c1-3-21-15-9-8-11(10-14(15)20-17(21)25(2,23)24)19-16(22)12-6-4-5-7-13(12)18;/h4-10H,3H2,1-2H3,(H,19,22)(H,23,24);/p-1. The third kappa shape index (κ3) is 4.48. The fourth-order valence-electron chi connectivity index (χ4n) is 2.66. The van der Waals surface area contributed by atoms with Crippen molar-refractivity contribution in [3.05, 3.63) is 53.1 Å². The van der Waals surface area contributed by atoms with Crippen LogP contribution in [0.5, 0.6) is 0 Å². The zero-order valence-corrected chi connectivity index (χ0v) is 19.5. The summed E-state index contributed by atoms with van der Waals surface area (Å²) in [7, 11) is -3.74. The van der Waals surface area contributed by atoms with Gasteiger partial charge in [-0.3, -0.25) is 4.79 Å². The zero-order chi connectivity index (χ0) is 18.2. The van der Waals surface area contributed by atoms with Crippen molar-refractivity contribution in [2.45, 2.75) is 13.5 Å². The van der Waals surface area contributed by atoms with E-state index in [-0.39, 0.29) is 62.9 Å². The summed E-state index contributed by atoms with van der Waals surface area (Å²) in [5.74, 6) is -0.343. The van der Waals surface area contributed by atoms with Gasteiger partial charge in [-0.1, -0.05) is 23.7 Å². The third-order valence-electron chi connectivity index (χ3n) is 3.78. The average Bonchev–Trinajstić information content (AvgIpc) is 2.93. The Labute approximate surface area is 198 Å². The van der Waals surface area contributed by atoms with Crippen molar-refractivity contribution in [3.8, 4) is 0 Å². The Bertz CT molecular complexity index is 1020. The van der Waals surface area contributed by atoms with Crippen molar-refractivity contribution in [2.24, 2.45) is 0 Å². The van der Waals surface area contributed by atoms with E-state index in [9.17, 15) is 14.3 Å². The van der Waals surface area contributed by atoms with Gasteiger partial charge in [-0.15, -0.1) is 0 Å². The number of hydrogen-bond donors (Lipinski definition) is 1. The van der Waals surface area contributed by atoms with Gasteiger partial charge in [0.05, 0.1) is 29.0 Å². The Balaban J connectivity index is 0.00000243. The molecule has 1 aromatic heterocycles. The van der Waals surface area contributed by atoms with Gasteiger partial charge in [-0.2, -0.15) is 0 Å². The molecule has 0 saturated heterocycles. The minimum absolute atomic E-state index is 0. The summed E-state index contributed by atoms with van der Waals surface area (Å²) in [6.45, 7) is 3.49. The average molecular weight is 416 g/mol. The predicted molar refractivity (Wildman–Crippen MR) is 104 cm³/mol. The quantitative estimate of drug-likeness (QED) is 0.524. The molecule has 0 aliphatic rings. The zero-order valence-electron chi connectivity index (χ0n) is 14.7. The van der Waals surface area contributed by atoms with Crippen LogP contribution in [-0.2, 0) is 11.1 Å². The molecular formula is C17H16ClKN3O3P-. The molecule has 1 heterocycles. The molecule has 3 aromatic rings. The van der Waals surface area contributed by atoms with Crippen molar-refractivity contribution in [1.29, 1.82) is 0 Å². The van der Waals surface area contributed by atoms with Gasteiger partial charge in [0.2, 0.25) is 0 Å². The van der Waals surface area contributed by atoms with Crippen LogP contribution in [0.3, 0.4) is 0 Å². The van der Waals surface area contributed by atoms with Gasteiger partial charge in [0, 0.05) is 63.6 Å². The number of imidazole rings is 1. The van der Waals surface area contributed by atoms with Crippen LogP contribution in [0.2, 0.25) is 5.02 Å². The molecule has 0 aliphatic carbocycles. The van der Waals surface area contributed by atoms with Crippen LogP contribution >= 0.6 is 19.0 Å². The number of fused-ring (bicyclic) bond motifs is 1. The van der Waals surface area contributed by atoms with Gasteiger partial charge in [0.1, 0.15) is 0 Å². The summed E-state index contributed by atoms with van der Waals surface area (Å²) >= 11 is 6.03. The van der Waals surface area contributed by atoms with Gasteiger partial charge in [-0.25, -0.2) is 4.98 Å². The number of anilines is 1. The summed E-state index contributed by atoms with van der Waals surface area (Å²) in [5.41, 5.74) is 2.13. The van der Waals surface area contributed by atoms with Gasteiger partial charge in [-0.05, 0) is 43.9 Å². The van der Waals surface area contributed by atoms with Gasteiger partial charge < -0.3 is 19.3 Å². The maximum absolute atomic E-state index is 12.3. The minimum atomic E-state index is -3.74. The summed E-state index contributed by atoms with van der Waals surface area (Å²) in [4.78, 5) is 28.5. The van der Waals surface area contributed by atoms with Crippen LogP contribution in [0, 0.1) is 0 Å². The smallest absolute Gasteiger partial charge is 0.257 e. The monoisotopic (exact) mass is 415 g/mol. The molecule has 9 heteroatoms. The minimum Gasteiger partial charge on any atom is -0.794 e. The van der Waals surface area contributed by atoms with Crippen LogP contribution < -0.4 is 15.8 Å². The van der Waals surface area contributed by atoms with Crippen molar-refractivity contribution in [2.75, 3.05) is 12.0 Å². The molecule has 1 unspecified atom stereocenters. The number of carbonyl (C=O) groups excluding carboxylic acids is 1. The summed E-state index contributed by atoms with van der Waals surface area (Å²) in [5, 5.41) is 3.12. The van der Waals surface area contributed by atoms with Crippen LogP contribution in [0.4, 0.5) is 5.69 Å². The normalized spacial score (nSPS) is 13.1. The second-order valence-corrected chi connectivity index (χ2v) is 8.14. The second kappa shape index (κ2) is 8.67. The van der Waals surface area contributed by atoms with Crippen molar-refractivity contribution < 1.29 is 14.3 Å². The molecule has 0 bridgehead atoms. The third-order valence-corrected chi connectivity index (χ3v) is 5.18. The molecule has 1 N–H and O–H groups in total. The molecule has 2 aromatic carbocycles.